The minimum Gasteiger partial charge on any atom is -0.395 e. The van der Waals surface area contributed by atoms with Crippen molar-refractivity contribution in [2.75, 3.05) is 13.7 Å². The zero-order valence-corrected chi connectivity index (χ0v) is 7.34. The molecule has 0 spiro atoms. The second-order valence-electron chi connectivity index (χ2n) is 3.55. The van der Waals surface area contributed by atoms with Crippen LogP contribution < -0.4 is 5.32 Å². The van der Waals surface area contributed by atoms with E-state index in [1.54, 1.807) is 0 Å². The SMILES string of the molecule is CNC(CO)CC1CCCC1. The first-order valence-electron chi connectivity index (χ1n) is 4.65. The molecule has 0 radical (unpaired) electrons. The van der Waals surface area contributed by atoms with Crippen molar-refractivity contribution in [1.82, 2.24) is 5.32 Å². The summed E-state index contributed by atoms with van der Waals surface area (Å²) >= 11 is 0. The Morgan fingerprint density at radius 1 is 1.45 bits per heavy atom. The van der Waals surface area contributed by atoms with Crippen LogP contribution in [-0.2, 0) is 0 Å². The highest BCUT2D eigenvalue weighted by Gasteiger charge is 2.18. The summed E-state index contributed by atoms with van der Waals surface area (Å²) < 4.78 is 0. The molecule has 1 unspecified atom stereocenters. The van der Waals surface area contributed by atoms with Gasteiger partial charge in [0, 0.05) is 6.04 Å². The van der Waals surface area contributed by atoms with Gasteiger partial charge in [-0.05, 0) is 19.4 Å². The molecule has 11 heavy (non-hydrogen) atoms. The molecule has 2 N–H and O–H groups in total. The summed E-state index contributed by atoms with van der Waals surface area (Å²) in [6.07, 6.45) is 6.70. The Hall–Kier alpha value is -0.0800. The van der Waals surface area contributed by atoms with Crippen LogP contribution in [0.3, 0.4) is 0 Å². The zero-order valence-electron chi connectivity index (χ0n) is 7.34. The van der Waals surface area contributed by atoms with E-state index in [-0.39, 0.29) is 6.61 Å². The summed E-state index contributed by atoms with van der Waals surface area (Å²) in [5.74, 6) is 0.875. The van der Waals surface area contributed by atoms with Crippen LogP contribution in [0, 0.1) is 5.92 Å². The fourth-order valence-corrected chi connectivity index (χ4v) is 1.93. The Bertz CT molecular complexity index is 95.7. The second kappa shape index (κ2) is 4.73. The van der Waals surface area contributed by atoms with Gasteiger partial charge < -0.3 is 10.4 Å². The van der Waals surface area contributed by atoms with Crippen molar-refractivity contribution in [3.63, 3.8) is 0 Å². The molecule has 0 saturated heterocycles. The van der Waals surface area contributed by atoms with E-state index in [0.717, 1.165) is 12.3 Å². The molecule has 2 heteroatoms. The molecule has 1 aliphatic rings. The molecule has 66 valence electrons. The summed E-state index contributed by atoms with van der Waals surface area (Å²) in [4.78, 5) is 0. The Labute approximate surface area is 69.0 Å². The number of hydrogen-bond donors (Lipinski definition) is 2. The van der Waals surface area contributed by atoms with Gasteiger partial charge in [-0.25, -0.2) is 0 Å². The van der Waals surface area contributed by atoms with E-state index in [1.165, 1.54) is 25.7 Å². The van der Waals surface area contributed by atoms with Crippen molar-refractivity contribution in [1.29, 1.82) is 0 Å². The maximum Gasteiger partial charge on any atom is 0.0584 e. The van der Waals surface area contributed by atoms with Crippen LogP contribution in [0.2, 0.25) is 0 Å². The van der Waals surface area contributed by atoms with Gasteiger partial charge in [0.05, 0.1) is 6.61 Å². The van der Waals surface area contributed by atoms with Crippen LogP contribution in [0.15, 0.2) is 0 Å². The van der Waals surface area contributed by atoms with Gasteiger partial charge in [-0.2, -0.15) is 0 Å². The minimum atomic E-state index is 0.285. The summed E-state index contributed by atoms with van der Waals surface area (Å²) in [6, 6.07) is 0.332. The molecule has 0 aromatic carbocycles. The first kappa shape index (κ1) is 9.01. The van der Waals surface area contributed by atoms with Gasteiger partial charge in [-0.15, -0.1) is 0 Å². The second-order valence-corrected chi connectivity index (χ2v) is 3.55. The summed E-state index contributed by atoms with van der Waals surface area (Å²) in [7, 11) is 1.93. The van der Waals surface area contributed by atoms with Gasteiger partial charge in [0.15, 0.2) is 0 Å². The predicted molar refractivity (Wildman–Crippen MR) is 46.5 cm³/mol. The quantitative estimate of drug-likeness (QED) is 0.641. The molecule has 0 bridgehead atoms. The zero-order chi connectivity index (χ0) is 8.10. The van der Waals surface area contributed by atoms with Gasteiger partial charge in [0.1, 0.15) is 0 Å². The van der Waals surface area contributed by atoms with Crippen LogP contribution >= 0.6 is 0 Å². The lowest BCUT2D eigenvalue weighted by Gasteiger charge is -2.17. The molecule has 0 heterocycles. The van der Waals surface area contributed by atoms with Crippen LogP contribution in [0.4, 0.5) is 0 Å². The lowest BCUT2D eigenvalue weighted by atomic mass is 9.99. The maximum absolute atomic E-state index is 8.92. The highest BCUT2D eigenvalue weighted by Crippen LogP contribution is 2.28. The third-order valence-electron chi connectivity index (χ3n) is 2.72. The molecular weight excluding hydrogens is 138 g/mol. The third-order valence-corrected chi connectivity index (χ3v) is 2.72. The van der Waals surface area contributed by atoms with E-state index >= 15 is 0 Å². The largest absolute Gasteiger partial charge is 0.395 e. The first-order chi connectivity index (χ1) is 5.36. The van der Waals surface area contributed by atoms with Gasteiger partial charge in [-0.1, -0.05) is 25.7 Å². The molecule has 0 aliphatic heterocycles. The van der Waals surface area contributed by atoms with Gasteiger partial charge in [0.25, 0.3) is 0 Å². The van der Waals surface area contributed by atoms with Crippen molar-refractivity contribution < 1.29 is 5.11 Å². The molecule has 1 saturated carbocycles. The van der Waals surface area contributed by atoms with Crippen molar-refractivity contribution in [3.05, 3.63) is 0 Å². The Morgan fingerprint density at radius 2 is 2.09 bits per heavy atom. The summed E-state index contributed by atoms with van der Waals surface area (Å²) in [6.45, 7) is 0.285. The Morgan fingerprint density at radius 3 is 2.55 bits per heavy atom. The molecule has 0 aromatic heterocycles. The molecule has 1 aliphatic carbocycles. The van der Waals surface area contributed by atoms with E-state index in [9.17, 15) is 0 Å². The number of likely N-dealkylation sites (N-methyl/N-ethyl adjacent to an activating group) is 1. The van der Waals surface area contributed by atoms with E-state index in [1.807, 2.05) is 7.05 Å². The smallest absolute Gasteiger partial charge is 0.0584 e. The average Bonchev–Trinajstić information content (AvgIpc) is 2.52. The Balaban J connectivity index is 2.16. The molecule has 0 aromatic rings. The number of aliphatic hydroxyl groups excluding tert-OH is 1. The number of rotatable bonds is 4. The maximum atomic E-state index is 8.92. The number of hydrogen-bond acceptors (Lipinski definition) is 2. The summed E-state index contributed by atoms with van der Waals surface area (Å²) in [5, 5.41) is 12.1. The van der Waals surface area contributed by atoms with Gasteiger partial charge >= 0.3 is 0 Å². The lowest BCUT2D eigenvalue weighted by Crippen LogP contribution is -2.30. The Kier molecular flexibility index (Phi) is 3.87. The molecule has 1 fully saturated rings. The lowest BCUT2D eigenvalue weighted by molar-refractivity contribution is 0.226. The van der Waals surface area contributed by atoms with E-state index < -0.39 is 0 Å². The average molecular weight is 157 g/mol. The van der Waals surface area contributed by atoms with Crippen LogP contribution in [0.25, 0.3) is 0 Å². The van der Waals surface area contributed by atoms with Crippen LogP contribution in [0.1, 0.15) is 32.1 Å². The van der Waals surface area contributed by atoms with Crippen LogP contribution in [0.5, 0.6) is 0 Å². The highest BCUT2D eigenvalue weighted by atomic mass is 16.3. The number of nitrogens with one attached hydrogen (secondary N) is 1. The molecular formula is C9H19NO. The summed E-state index contributed by atoms with van der Waals surface area (Å²) in [5.41, 5.74) is 0. The van der Waals surface area contributed by atoms with Gasteiger partial charge in [-0.3, -0.25) is 0 Å². The first-order valence-corrected chi connectivity index (χ1v) is 4.65. The molecule has 0 amide bonds. The normalized spacial score (nSPS) is 22.4. The van der Waals surface area contributed by atoms with Crippen LogP contribution in [-0.4, -0.2) is 24.8 Å². The monoisotopic (exact) mass is 157 g/mol. The predicted octanol–water partition coefficient (Wildman–Crippen LogP) is 1.15. The van der Waals surface area contributed by atoms with Crippen molar-refractivity contribution >= 4 is 0 Å². The van der Waals surface area contributed by atoms with E-state index in [4.69, 9.17) is 5.11 Å². The fraction of sp³-hybridized carbons (Fsp3) is 1.00. The molecule has 1 atom stereocenters. The molecule has 2 nitrogen and oxygen atoms in total. The standard InChI is InChI=1S/C9H19NO/c1-10-9(7-11)6-8-4-2-3-5-8/h8-11H,2-7H2,1H3. The van der Waals surface area contributed by atoms with Crippen molar-refractivity contribution in [3.8, 4) is 0 Å². The fourth-order valence-electron chi connectivity index (χ4n) is 1.93. The van der Waals surface area contributed by atoms with E-state index in [0.29, 0.717) is 6.04 Å². The topological polar surface area (TPSA) is 32.3 Å². The minimum absolute atomic E-state index is 0.285. The van der Waals surface area contributed by atoms with E-state index in [2.05, 4.69) is 5.32 Å². The highest BCUT2D eigenvalue weighted by molar-refractivity contribution is 4.73. The van der Waals surface area contributed by atoms with Crippen molar-refractivity contribution in [2.45, 2.75) is 38.1 Å². The molecule has 1 rings (SSSR count). The van der Waals surface area contributed by atoms with Gasteiger partial charge in [0.2, 0.25) is 0 Å². The van der Waals surface area contributed by atoms with Crippen molar-refractivity contribution in [2.24, 2.45) is 5.92 Å². The third kappa shape index (κ3) is 2.80. The number of aliphatic hydroxyl groups is 1.